The van der Waals surface area contributed by atoms with E-state index in [-0.39, 0.29) is 17.9 Å². The minimum atomic E-state index is -0.199. The Balaban J connectivity index is 1.00. The minimum Gasteiger partial charge on any atom is -0.309 e. The normalized spacial score (nSPS) is 17.7. The summed E-state index contributed by atoms with van der Waals surface area (Å²) >= 11 is 1.92. The first kappa shape index (κ1) is 45.1. The van der Waals surface area contributed by atoms with E-state index >= 15 is 0 Å². The van der Waals surface area contributed by atoms with Crippen LogP contribution in [0.5, 0.6) is 0 Å². The maximum absolute atomic E-state index is 6.40. The van der Waals surface area contributed by atoms with Crippen molar-refractivity contribution < 1.29 is 0 Å². The summed E-state index contributed by atoms with van der Waals surface area (Å²) < 4.78 is 7.63. The Morgan fingerprint density at radius 1 is 0.449 bits per heavy atom. The monoisotopic (exact) mass is 1020 g/mol. The van der Waals surface area contributed by atoms with Crippen molar-refractivity contribution in [1.29, 1.82) is 0 Å². The van der Waals surface area contributed by atoms with Crippen molar-refractivity contribution in [3.63, 3.8) is 0 Å². The smallest absolute Gasteiger partial charge is 0.0821 e. The molecule has 3 aromatic heterocycles. The van der Waals surface area contributed by atoms with E-state index < -0.39 is 0 Å². The Kier molecular flexibility index (Phi) is 10.3. The fourth-order valence-electron chi connectivity index (χ4n) is 13.5. The van der Waals surface area contributed by atoms with Gasteiger partial charge >= 0.3 is 0 Å². The third-order valence-corrected chi connectivity index (χ3v) is 18.5. The summed E-state index contributed by atoms with van der Waals surface area (Å²) in [6, 6.07) is 88.6. The van der Waals surface area contributed by atoms with Crippen LogP contribution in [-0.4, -0.2) is 14.8 Å². The predicted molar refractivity (Wildman–Crippen MR) is 336 cm³/mol. The largest absolute Gasteiger partial charge is 0.309 e. The Morgan fingerprint density at radius 3 is 1.76 bits per heavy atom. The first-order valence-corrected chi connectivity index (χ1v) is 28.4. The lowest BCUT2D eigenvalue weighted by Crippen LogP contribution is -2.23. The van der Waals surface area contributed by atoms with E-state index in [2.05, 4.69) is 266 Å². The maximum atomic E-state index is 6.40. The number of thiophene rings is 1. The van der Waals surface area contributed by atoms with E-state index in [0.29, 0.717) is 0 Å². The van der Waals surface area contributed by atoms with Gasteiger partial charge in [0.05, 0.1) is 33.8 Å². The number of fused-ring (bicyclic) bond motifs is 14. The first-order chi connectivity index (χ1) is 38.5. The predicted octanol–water partition coefficient (Wildman–Crippen LogP) is 20.5. The van der Waals surface area contributed by atoms with Gasteiger partial charge in [0.2, 0.25) is 0 Å². The molecule has 3 atom stereocenters. The molecule has 3 nitrogen and oxygen atoms in total. The number of aromatic nitrogens is 2. The van der Waals surface area contributed by atoms with Crippen LogP contribution in [0.2, 0.25) is 0 Å². The molecule has 1 unspecified atom stereocenters. The molecule has 0 amide bonds. The molecule has 0 fully saturated rings. The van der Waals surface area contributed by atoms with Crippen LogP contribution >= 0.6 is 11.3 Å². The lowest BCUT2D eigenvalue weighted by molar-refractivity contribution is 0.514. The molecule has 0 aliphatic carbocycles. The number of hydrogen-bond donors (Lipinski definition) is 0. The van der Waals surface area contributed by atoms with Crippen molar-refractivity contribution >= 4 is 129 Å². The summed E-state index contributed by atoms with van der Waals surface area (Å²) in [4.78, 5) is 6.40. The standard InChI is InChI=1S/C74H53N3S/c1-3-56-57(53-31-30-46-17-7-8-19-48(46)37-53)34-29-45(2)72(75-73(56)54-33-36-67-61(40-54)59-27-15-16-28-66(59)76(67)55-24-5-4-6-25-55)65-44-71-64(60-35-32-47-18-13-14-26-58(47)74(60)78-71)43-70(65)77-68-41-51-22-11-9-20-49(51)38-62(68)63-39-50-21-10-12-23-52(50)42-69(63)77/h4-28,30-45,56,73H,3,29H2,1-2H3/b57-34+,75-72+/t45-,56-,73?/m0/s1. The van der Waals surface area contributed by atoms with Crippen LogP contribution in [0.4, 0.5) is 0 Å². The fraction of sp³-hybridized carbons (Fsp3) is 0.0946. The maximum Gasteiger partial charge on any atom is 0.0821 e. The highest BCUT2D eigenvalue weighted by atomic mass is 32.1. The van der Waals surface area contributed by atoms with E-state index in [9.17, 15) is 0 Å². The van der Waals surface area contributed by atoms with Gasteiger partial charge in [-0.2, -0.15) is 0 Å². The van der Waals surface area contributed by atoms with Crippen LogP contribution in [0.3, 0.4) is 0 Å². The van der Waals surface area contributed by atoms with E-state index in [0.717, 1.165) is 24.2 Å². The van der Waals surface area contributed by atoms with Crippen LogP contribution in [0.15, 0.2) is 248 Å². The number of benzene rings is 12. The van der Waals surface area contributed by atoms with Crippen molar-refractivity contribution in [2.24, 2.45) is 16.8 Å². The van der Waals surface area contributed by atoms with Gasteiger partial charge in [-0.25, -0.2) is 0 Å². The summed E-state index contributed by atoms with van der Waals surface area (Å²) in [7, 11) is 0. The van der Waals surface area contributed by atoms with Gasteiger partial charge in [-0.3, -0.25) is 4.99 Å². The number of rotatable bonds is 6. The Morgan fingerprint density at radius 2 is 1.04 bits per heavy atom. The topological polar surface area (TPSA) is 22.2 Å². The highest BCUT2D eigenvalue weighted by Gasteiger charge is 2.32. The molecule has 4 heteroatoms. The number of allylic oxidation sites excluding steroid dienone is 1. The van der Waals surface area contributed by atoms with Crippen LogP contribution in [-0.2, 0) is 0 Å². The molecular formula is C74H53N3S. The molecule has 16 rings (SSSR count). The molecule has 1 aliphatic rings. The zero-order valence-electron chi connectivity index (χ0n) is 43.5. The summed E-state index contributed by atoms with van der Waals surface area (Å²) in [5, 5.41) is 17.6. The SMILES string of the molecule is CC[C@H]1/C(c2ccc3ccccc3c2)=C/C[C@H](C)/C(c2cc3sc4c5ccccc5ccc4c3cc2-n2c3cc4ccccc4cc3c3cc4ccccc4cc32)=N\C1c1ccc2c(c1)c1ccccc1n2-c1ccccc1. The molecule has 0 radical (unpaired) electrons. The summed E-state index contributed by atoms with van der Waals surface area (Å²) in [6.45, 7) is 4.80. The molecule has 0 saturated heterocycles. The lowest BCUT2D eigenvalue weighted by atomic mass is 9.78. The lowest BCUT2D eigenvalue weighted by Gasteiger charge is -2.32. The Labute approximate surface area is 456 Å². The second kappa shape index (κ2) is 17.7. The molecule has 0 N–H and O–H groups in total. The number of para-hydroxylation sites is 2. The number of hydrogen-bond acceptors (Lipinski definition) is 2. The average Bonchev–Trinajstić information content (AvgIpc) is 4.22. The van der Waals surface area contributed by atoms with Crippen molar-refractivity contribution in [2.45, 2.75) is 32.7 Å². The number of aliphatic imine (C=N–C) groups is 1. The molecule has 15 aromatic rings. The summed E-state index contributed by atoms with van der Waals surface area (Å²) in [5.74, 6) is 0.160. The second-order valence-electron chi connectivity index (χ2n) is 21.7. The van der Waals surface area contributed by atoms with Crippen molar-refractivity contribution in [3.8, 4) is 11.4 Å². The summed E-state index contributed by atoms with van der Waals surface area (Å²) in [6.07, 6.45) is 4.36. The van der Waals surface area contributed by atoms with Gasteiger partial charge in [0.1, 0.15) is 0 Å². The zero-order chi connectivity index (χ0) is 51.6. The zero-order valence-corrected chi connectivity index (χ0v) is 44.3. The van der Waals surface area contributed by atoms with Gasteiger partial charge in [0.25, 0.3) is 0 Å². The highest BCUT2D eigenvalue weighted by Crippen LogP contribution is 2.48. The van der Waals surface area contributed by atoms with Gasteiger partial charge in [-0.1, -0.05) is 184 Å². The molecule has 78 heavy (non-hydrogen) atoms. The summed E-state index contributed by atoms with van der Waals surface area (Å²) in [5.41, 5.74) is 13.4. The van der Waals surface area contributed by atoms with Crippen LogP contribution in [0.1, 0.15) is 49.4 Å². The third-order valence-electron chi connectivity index (χ3n) is 17.3. The molecule has 1 aliphatic heterocycles. The quantitative estimate of drug-likeness (QED) is 0.158. The minimum absolute atomic E-state index is 0.0747. The van der Waals surface area contributed by atoms with E-state index in [1.807, 2.05) is 11.3 Å². The van der Waals surface area contributed by atoms with E-state index in [4.69, 9.17) is 4.99 Å². The highest BCUT2D eigenvalue weighted by molar-refractivity contribution is 7.26. The Bertz CT molecular complexity index is 4930. The molecule has 4 heterocycles. The number of nitrogens with zero attached hydrogens (tertiary/aromatic N) is 3. The molecular weight excluding hydrogens is 963 g/mol. The van der Waals surface area contributed by atoms with Gasteiger partial charge in [0, 0.05) is 70.5 Å². The molecule has 370 valence electrons. The first-order valence-electron chi connectivity index (χ1n) is 27.6. The van der Waals surface area contributed by atoms with E-state index in [1.165, 1.54) is 135 Å². The fourth-order valence-corrected chi connectivity index (χ4v) is 14.8. The average molecular weight is 1020 g/mol. The third kappa shape index (κ3) is 6.99. The molecule has 0 saturated carbocycles. The van der Waals surface area contributed by atoms with Crippen LogP contribution in [0.25, 0.3) is 124 Å². The Hall–Kier alpha value is -9.09. The van der Waals surface area contributed by atoms with Crippen LogP contribution in [0, 0.1) is 11.8 Å². The van der Waals surface area contributed by atoms with Crippen molar-refractivity contribution in [3.05, 3.63) is 259 Å². The van der Waals surface area contributed by atoms with Crippen molar-refractivity contribution in [2.75, 3.05) is 0 Å². The van der Waals surface area contributed by atoms with Crippen molar-refractivity contribution in [1.82, 2.24) is 9.13 Å². The van der Waals surface area contributed by atoms with Crippen LogP contribution < -0.4 is 0 Å². The second-order valence-corrected chi connectivity index (χ2v) is 22.7. The van der Waals surface area contributed by atoms with Gasteiger partial charge < -0.3 is 9.13 Å². The molecule has 0 spiro atoms. The van der Waals surface area contributed by atoms with E-state index in [1.54, 1.807) is 0 Å². The van der Waals surface area contributed by atoms with Gasteiger partial charge in [0.15, 0.2) is 0 Å². The van der Waals surface area contributed by atoms with Gasteiger partial charge in [-0.05, 0) is 145 Å². The molecule has 12 aromatic carbocycles. The van der Waals surface area contributed by atoms with Gasteiger partial charge in [-0.15, -0.1) is 11.3 Å². The molecule has 0 bridgehead atoms.